The van der Waals surface area contributed by atoms with E-state index in [4.69, 9.17) is 15.0 Å². The van der Waals surface area contributed by atoms with E-state index in [2.05, 4.69) is 197 Å². The normalized spacial score (nSPS) is 14.6. The van der Waals surface area contributed by atoms with E-state index in [1.165, 1.54) is 82.6 Å². The van der Waals surface area contributed by atoms with Crippen molar-refractivity contribution in [1.29, 1.82) is 0 Å². The zero-order chi connectivity index (χ0) is 39.3. The number of fused-ring (bicyclic) bond motifs is 12. The molecule has 0 amide bonds. The van der Waals surface area contributed by atoms with Gasteiger partial charge >= 0.3 is 0 Å². The fraction of sp³-hybridized carbons (Fsp3) is 0.0200. The van der Waals surface area contributed by atoms with Gasteiger partial charge < -0.3 is 0 Å². The summed E-state index contributed by atoms with van der Waals surface area (Å²) >= 11 is 0. The number of aromatic nitrogens is 3. The fourth-order valence-corrected chi connectivity index (χ4v) is 10.2. The Morgan fingerprint density at radius 2 is 0.845 bits per heavy atom. The lowest BCUT2D eigenvalue weighted by Crippen LogP contribution is -2.55. The first-order chi connectivity index (χ1) is 28.4. The van der Waals surface area contributed by atoms with Gasteiger partial charge in [0.15, 0.2) is 17.5 Å². The second kappa shape index (κ2) is 12.9. The molecule has 0 saturated heterocycles. The van der Waals surface area contributed by atoms with Gasteiger partial charge in [-0.25, -0.2) is 15.0 Å². The molecule has 0 saturated carbocycles. The molecule has 2 aliphatic rings. The number of hydrogen-bond donors (Lipinski definition) is 0. The fourth-order valence-electron chi connectivity index (χ4n) is 10.2. The van der Waals surface area contributed by atoms with E-state index in [-0.39, 0.29) is 0 Å². The van der Waals surface area contributed by atoms with Crippen molar-refractivity contribution >= 4 is 77.3 Å². The van der Waals surface area contributed by atoms with Crippen LogP contribution in [0.15, 0.2) is 158 Å². The molecule has 8 aromatic carbocycles. The summed E-state index contributed by atoms with van der Waals surface area (Å²) in [6, 6.07) is 57.4. The monoisotopic (exact) mass is 733 g/mol. The maximum atomic E-state index is 5.49. The van der Waals surface area contributed by atoms with Crippen LogP contribution in [0.3, 0.4) is 0 Å². The maximum absolute atomic E-state index is 5.49. The Morgan fingerprint density at radius 3 is 1.60 bits per heavy atom. The average Bonchev–Trinajstić information content (AvgIpc) is 3.76. The van der Waals surface area contributed by atoms with Crippen LogP contribution in [-0.2, 0) is 5.41 Å². The Morgan fingerprint density at radius 1 is 0.328 bits per heavy atom. The van der Waals surface area contributed by atoms with Gasteiger partial charge in [0.2, 0.25) is 0 Å². The molecule has 8 heteroatoms. The number of nitrogens with zero attached hydrogens (tertiary/aromatic N) is 3. The lowest BCUT2D eigenvalue weighted by Gasteiger charge is -2.30. The van der Waals surface area contributed by atoms with Gasteiger partial charge in [-0.05, 0) is 72.5 Å². The predicted molar refractivity (Wildman–Crippen MR) is 256 cm³/mol. The SMILES string of the molecule is Bc1c(B)c(B)c(-c2nc(-c3cccc(-c4ccccc4)c3)nc(-c3cccc4c3-c3ccccc3C43c4ccccc4-c4c3ccc3ccccc43)n2)c(B)c1B. The maximum Gasteiger partial charge on any atom is 0.164 e. The van der Waals surface area contributed by atoms with Crippen LogP contribution in [0.5, 0.6) is 0 Å². The molecule has 1 heterocycles. The molecule has 1 spiro atoms. The van der Waals surface area contributed by atoms with Crippen LogP contribution >= 0.6 is 0 Å². The molecule has 1 aromatic heterocycles. The molecular weight excluding hydrogens is 697 g/mol. The summed E-state index contributed by atoms with van der Waals surface area (Å²) in [5.74, 6) is 2.04. The molecule has 1 atom stereocenters. The van der Waals surface area contributed by atoms with Crippen molar-refractivity contribution in [2.24, 2.45) is 0 Å². The van der Waals surface area contributed by atoms with Crippen LogP contribution in [0.2, 0.25) is 0 Å². The summed E-state index contributed by atoms with van der Waals surface area (Å²) in [7, 11) is 11.1. The third kappa shape index (κ3) is 4.78. The molecule has 0 bridgehead atoms. The highest BCUT2D eigenvalue weighted by atomic mass is 15.0. The second-order valence-electron chi connectivity index (χ2n) is 16.0. The predicted octanol–water partition coefficient (Wildman–Crippen LogP) is 3.33. The van der Waals surface area contributed by atoms with Crippen molar-refractivity contribution in [1.82, 2.24) is 15.0 Å². The Bertz CT molecular complexity index is 3170. The van der Waals surface area contributed by atoms with Crippen LogP contribution < -0.4 is 27.3 Å². The van der Waals surface area contributed by atoms with Crippen LogP contribution in [0.4, 0.5) is 0 Å². The zero-order valence-electron chi connectivity index (χ0n) is 33.4. The first kappa shape index (κ1) is 34.6. The van der Waals surface area contributed by atoms with Gasteiger partial charge in [0.1, 0.15) is 39.2 Å². The van der Waals surface area contributed by atoms with Crippen LogP contribution in [-0.4, -0.2) is 54.2 Å². The summed E-state index contributed by atoms with van der Waals surface area (Å²) in [6.45, 7) is 0. The molecule has 3 nitrogen and oxygen atoms in total. The van der Waals surface area contributed by atoms with E-state index in [9.17, 15) is 0 Å². The third-order valence-electron chi connectivity index (χ3n) is 13.3. The first-order valence-corrected chi connectivity index (χ1v) is 20.2. The van der Waals surface area contributed by atoms with Crippen LogP contribution in [0.1, 0.15) is 22.3 Å². The molecule has 0 N–H and O–H groups in total. The highest BCUT2D eigenvalue weighted by Crippen LogP contribution is 2.64. The third-order valence-corrected chi connectivity index (χ3v) is 13.3. The van der Waals surface area contributed by atoms with Crippen molar-refractivity contribution in [2.45, 2.75) is 5.41 Å². The van der Waals surface area contributed by atoms with Gasteiger partial charge in [0.25, 0.3) is 0 Å². The van der Waals surface area contributed by atoms with Crippen molar-refractivity contribution in [3.63, 3.8) is 0 Å². The van der Waals surface area contributed by atoms with E-state index in [0.29, 0.717) is 17.5 Å². The molecule has 58 heavy (non-hydrogen) atoms. The number of hydrogen-bond acceptors (Lipinski definition) is 3. The van der Waals surface area contributed by atoms with E-state index in [1.54, 1.807) is 0 Å². The van der Waals surface area contributed by atoms with Gasteiger partial charge in [-0.1, -0.05) is 163 Å². The molecule has 0 radical (unpaired) electrons. The lowest BCUT2D eigenvalue weighted by molar-refractivity contribution is 0.794. The lowest BCUT2D eigenvalue weighted by atomic mass is 9.60. The summed E-state index contributed by atoms with van der Waals surface area (Å²) in [5, 5.41) is 2.53. The van der Waals surface area contributed by atoms with Crippen molar-refractivity contribution < 1.29 is 0 Å². The Kier molecular flexibility index (Phi) is 7.72. The summed E-state index contributed by atoms with van der Waals surface area (Å²) in [4.78, 5) is 16.3. The molecule has 0 aliphatic heterocycles. The molecule has 0 fully saturated rings. The summed E-state index contributed by atoms with van der Waals surface area (Å²) in [5.41, 5.74) is 21.3. The van der Waals surface area contributed by atoms with E-state index < -0.39 is 5.41 Å². The molecule has 11 rings (SSSR count). The van der Waals surface area contributed by atoms with Gasteiger partial charge in [-0.15, -0.1) is 16.4 Å². The van der Waals surface area contributed by atoms with Gasteiger partial charge in [-0.3, -0.25) is 0 Å². The summed E-state index contributed by atoms with van der Waals surface area (Å²) < 4.78 is 0. The number of rotatable bonds is 4. The molecular formula is C50H36B5N3. The van der Waals surface area contributed by atoms with Crippen molar-refractivity contribution in [3.05, 3.63) is 180 Å². The van der Waals surface area contributed by atoms with Gasteiger partial charge in [-0.2, -0.15) is 0 Å². The first-order valence-electron chi connectivity index (χ1n) is 20.2. The standard InChI is InChI=1S/C50H36B5N3/c51-42-41(43(52)45(54)46(55)44(42)53)49-57-47(30-16-10-15-29(26-30)27-12-2-1-3-13-27)56-48(58-49)34-20-11-23-37-40(34)33-19-7-9-22-36(33)50(37)35-21-8-6-18-32(35)39-31-17-5-4-14-28(31)24-25-38(39)50/h1-26H,51-55H2. The van der Waals surface area contributed by atoms with Crippen LogP contribution in [0.25, 0.3) is 78.3 Å². The second-order valence-corrected chi connectivity index (χ2v) is 16.0. The Balaban J connectivity index is 1.21. The van der Waals surface area contributed by atoms with Crippen molar-refractivity contribution in [3.8, 4) is 67.5 Å². The molecule has 9 aromatic rings. The smallest absolute Gasteiger partial charge is 0.164 e. The van der Waals surface area contributed by atoms with Gasteiger partial charge in [0, 0.05) is 16.7 Å². The minimum absolute atomic E-state index is 0.501. The topological polar surface area (TPSA) is 38.7 Å². The van der Waals surface area contributed by atoms with Gasteiger partial charge in [0.05, 0.1) is 5.41 Å². The molecule has 2 aliphatic carbocycles. The minimum atomic E-state index is -0.501. The minimum Gasteiger partial charge on any atom is -0.208 e. The molecule has 1 unspecified atom stereocenters. The van der Waals surface area contributed by atoms with Crippen LogP contribution in [0, 0.1) is 0 Å². The van der Waals surface area contributed by atoms with E-state index in [0.717, 1.165) is 27.8 Å². The Hall–Kier alpha value is -6.65. The highest BCUT2D eigenvalue weighted by Gasteiger charge is 2.52. The Labute approximate surface area is 343 Å². The van der Waals surface area contributed by atoms with E-state index >= 15 is 0 Å². The average molecular weight is 733 g/mol. The summed E-state index contributed by atoms with van der Waals surface area (Å²) in [6.07, 6.45) is 0. The van der Waals surface area contributed by atoms with Crippen molar-refractivity contribution in [2.75, 3.05) is 0 Å². The largest absolute Gasteiger partial charge is 0.208 e. The highest BCUT2D eigenvalue weighted by molar-refractivity contribution is 6.68. The quantitative estimate of drug-likeness (QED) is 0.261. The number of benzene rings is 8. The van der Waals surface area contributed by atoms with E-state index in [1.807, 2.05) is 0 Å². The zero-order valence-corrected chi connectivity index (χ0v) is 33.4. The molecule has 266 valence electrons.